The molecule has 0 unspecified atom stereocenters. The minimum absolute atomic E-state index is 0.151. The zero-order chi connectivity index (χ0) is 19.1. The monoisotopic (exact) mass is 350 g/mol. The molecular weight excluding hydrogens is 316 g/mol. The first-order valence-electron chi connectivity index (χ1n) is 7.87. The second-order valence-electron chi connectivity index (χ2n) is 4.04. The second-order valence-corrected chi connectivity index (χ2v) is 4.04. The maximum absolute atomic E-state index is 10.8. The molecular formula is C16H34N2O6. The Hall–Kier alpha value is -1.48. The molecule has 8 nitrogen and oxygen atoms in total. The minimum Gasteiger partial charge on any atom is -0.466 e. The molecule has 0 fully saturated rings. The van der Waals surface area contributed by atoms with Crippen LogP contribution in [0.5, 0.6) is 0 Å². The predicted molar refractivity (Wildman–Crippen MR) is 93.8 cm³/mol. The maximum Gasteiger partial charge on any atom is 0.330 e. The standard InChI is InChI=1S/C8H17NO3.C5H8O2.C3H9NO/c1-3-12-8(10)4-5-9-6-7-11-2;1-3-5(6)7-4-2;1-5-3-2-4/h9H,3-7H2,1-2H3;3H,1,4H2,2H3;2-4H2,1H3. The Balaban J connectivity index is -0.000000311. The van der Waals surface area contributed by atoms with E-state index in [1.165, 1.54) is 0 Å². The van der Waals surface area contributed by atoms with Crippen LogP contribution in [0.4, 0.5) is 0 Å². The largest absolute Gasteiger partial charge is 0.466 e. The molecule has 0 saturated heterocycles. The average Bonchev–Trinajstić information content (AvgIpc) is 2.57. The first kappa shape index (κ1) is 27.4. The molecule has 8 heteroatoms. The molecule has 0 aliphatic heterocycles. The summed E-state index contributed by atoms with van der Waals surface area (Å²) >= 11 is 0. The lowest BCUT2D eigenvalue weighted by Gasteiger charge is -2.03. The second kappa shape index (κ2) is 26.4. The van der Waals surface area contributed by atoms with Crippen molar-refractivity contribution in [1.29, 1.82) is 0 Å². The van der Waals surface area contributed by atoms with Gasteiger partial charge in [-0.05, 0) is 13.8 Å². The lowest BCUT2D eigenvalue weighted by atomic mass is 10.4. The van der Waals surface area contributed by atoms with Gasteiger partial charge in [-0.15, -0.1) is 0 Å². The molecule has 0 aromatic carbocycles. The number of nitrogens with one attached hydrogen (secondary N) is 1. The first-order chi connectivity index (χ1) is 11.5. The number of methoxy groups -OCH3 is 2. The van der Waals surface area contributed by atoms with Gasteiger partial charge in [-0.25, -0.2) is 4.79 Å². The van der Waals surface area contributed by atoms with E-state index in [4.69, 9.17) is 15.2 Å². The molecule has 0 aliphatic carbocycles. The van der Waals surface area contributed by atoms with Gasteiger partial charge in [0.2, 0.25) is 0 Å². The molecule has 0 rings (SSSR count). The molecule has 3 N–H and O–H groups in total. The molecule has 0 heterocycles. The summed E-state index contributed by atoms with van der Waals surface area (Å²) in [5.41, 5.74) is 5.01. The molecule has 0 aromatic heterocycles. The van der Waals surface area contributed by atoms with Crippen LogP contribution in [0.25, 0.3) is 0 Å². The van der Waals surface area contributed by atoms with Crippen LogP contribution in [0, 0.1) is 0 Å². The van der Waals surface area contributed by atoms with E-state index in [-0.39, 0.29) is 11.9 Å². The Labute approximate surface area is 145 Å². The van der Waals surface area contributed by atoms with Crippen molar-refractivity contribution in [3.63, 3.8) is 0 Å². The zero-order valence-electron chi connectivity index (χ0n) is 15.5. The highest BCUT2D eigenvalue weighted by atomic mass is 16.5. The Morgan fingerprint density at radius 3 is 1.96 bits per heavy atom. The van der Waals surface area contributed by atoms with Crippen LogP contribution in [0.1, 0.15) is 20.3 Å². The summed E-state index contributed by atoms with van der Waals surface area (Å²) in [5, 5.41) is 3.05. The highest BCUT2D eigenvalue weighted by molar-refractivity contribution is 5.81. The smallest absolute Gasteiger partial charge is 0.330 e. The number of rotatable bonds is 11. The summed E-state index contributed by atoms with van der Waals surface area (Å²) < 4.78 is 18.6. The van der Waals surface area contributed by atoms with E-state index in [1.807, 2.05) is 0 Å². The third kappa shape index (κ3) is 32.5. The quantitative estimate of drug-likeness (QED) is 0.315. The molecule has 24 heavy (non-hydrogen) atoms. The Kier molecular flexibility index (Phi) is 30.1. The lowest BCUT2D eigenvalue weighted by Crippen LogP contribution is -2.23. The topological polar surface area (TPSA) is 109 Å². The van der Waals surface area contributed by atoms with Gasteiger partial charge in [0.15, 0.2) is 0 Å². The molecule has 0 radical (unpaired) electrons. The maximum atomic E-state index is 10.8. The van der Waals surface area contributed by atoms with E-state index in [1.54, 1.807) is 28.1 Å². The van der Waals surface area contributed by atoms with E-state index >= 15 is 0 Å². The molecule has 0 bridgehead atoms. The third-order valence-electron chi connectivity index (χ3n) is 2.07. The summed E-state index contributed by atoms with van der Waals surface area (Å²) in [6.45, 7) is 11.0. The van der Waals surface area contributed by atoms with Crippen molar-refractivity contribution in [3.8, 4) is 0 Å². The fraction of sp³-hybridized carbons (Fsp3) is 0.750. The van der Waals surface area contributed by atoms with Crippen LogP contribution in [0.3, 0.4) is 0 Å². The van der Waals surface area contributed by atoms with Crippen LogP contribution in [-0.2, 0) is 28.5 Å². The molecule has 0 saturated carbocycles. The van der Waals surface area contributed by atoms with Gasteiger partial charge in [-0.3, -0.25) is 4.79 Å². The predicted octanol–water partition coefficient (Wildman–Crippen LogP) is 0.503. The number of nitrogens with two attached hydrogens (primary N) is 1. The van der Waals surface area contributed by atoms with Gasteiger partial charge < -0.3 is 30.0 Å². The highest BCUT2D eigenvalue weighted by Crippen LogP contribution is 1.83. The summed E-state index contributed by atoms with van der Waals surface area (Å²) in [6.07, 6.45) is 1.57. The molecule has 0 amide bonds. The number of hydrogen-bond donors (Lipinski definition) is 2. The van der Waals surface area contributed by atoms with Crippen molar-refractivity contribution in [2.45, 2.75) is 20.3 Å². The van der Waals surface area contributed by atoms with E-state index in [0.717, 1.165) is 12.6 Å². The van der Waals surface area contributed by atoms with E-state index < -0.39 is 0 Å². The lowest BCUT2D eigenvalue weighted by molar-refractivity contribution is -0.143. The van der Waals surface area contributed by atoms with Crippen LogP contribution in [0.2, 0.25) is 0 Å². The number of carbonyl (C=O) groups excluding carboxylic acids is 2. The molecule has 0 atom stereocenters. The fourth-order valence-electron chi connectivity index (χ4n) is 1.04. The van der Waals surface area contributed by atoms with E-state index in [9.17, 15) is 9.59 Å². The van der Waals surface area contributed by atoms with Gasteiger partial charge in [0.05, 0.1) is 32.8 Å². The molecule has 0 aliphatic rings. The summed E-state index contributed by atoms with van der Waals surface area (Å²) in [5.74, 6) is -0.509. The molecule has 0 aromatic rings. The van der Waals surface area contributed by atoms with Gasteiger partial charge in [-0.2, -0.15) is 0 Å². The van der Waals surface area contributed by atoms with Crippen molar-refractivity contribution in [1.82, 2.24) is 5.32 Å². The Bertz CT molecular complexity index is 286. The van der Waals surface area contributed by atoms with Crippen molar-refractivity contribution < 1.29 is 28.5 Å². The normalized spacial score (nSPS) is 8.88. The zero-order valence-corrected chi connectivity index (χ0v) is 15.5. The van der Waals surface area contributed by atoms with Crippen molar-refractivity contribution in [2.75, 3.05) is 60.3 Å². The highest BCUT2D eigenvalue weighted by Gasteiger charge is 1.99. The fourth-order valence-corrected chi connectivity index (χ4v) is 1.04. The number of esters is 2. The summed E-state index contributed by atoms with van der Waals surface area (Å²) in [4.78, 5) is 20.9. The van der Waals surface area contributed by atoms with Crippen LogP contribution in [0.15, 0.2) is 12.7 Å². The number of hydrogen-bond acceptors (Lipinski definition) is 8. The van der Waals surface area contributed by atoms with E-state index in [0.29, 0.717) is 45.9 Å². The van der Waals surface area contributed by atoms with Crippen molar-refractivity contribution >= 4 is 11.9 Å². The van der Waals surface area contributed by atoms with Crippen molar-refractivity contribution in [2.24, 2.45) is 5.73 Å². The average molecular weight is 350 g/mol. The Morgan fingerprint density at radius 2 is 1.62 bits per heavy atom. The van der Waals surface area contributed by atoms with Gasteiger partial charge in [0.1, 0.15) is 0 Å². The van der Waals surface area contributed by atoms with Gasteiger partial charge in [0, 0.05) is 39.9 Å². The summed E-state index contributed by atoms with van der Waals surface area (Å²) in [7, 11) is 3.28. The Morgan fingerprint density at radius 1 is 1.04 bits per heavy atom. The minimum atomic E-state index is -0.359. The van der Waals surface area contributed by atoms with E-state index in [2.05, 4.69) is 21.4 Å². The number of carbonyl (C=O) groups is 2. The summed E-state index contributed by atoms with van der Waals surface area (Å²) in [6, 6.07) is 0. The van der Waals surface area contributed by atoms with Crippen LogP contribution >= 0.6 is 0 Å². The van der Waals surface area contributed by atoms with Gasteiger partial charge >= 0.3 is 11.9 Å². The number of ether oxygens (including phenoxy) is 4. The van der Waals surface area contributed by atoms with Crippen molar-refractivity contribution in [3.05, 3.63) is 12.7 Å². The van der Waals surface area contributed by atoms with Crippen LogP contribution in [-0.4, -0.2) is 72.2 Å². The van der Waals surface area contributed by atoms with Crippen LogP contribution < -0.4 is 11.1 Å². The van der Waals surface area contributed by atoms with Gasteiger partial charge in [-0.1, -0.05) is 6.58 Å². The molecule has 0 spiro atoms. The SMILES string of the molecule is C=CC(=O)OCC.CCOC(=O)CCNCCOC.COCCN. The van der Waals surface area contributed by atoms with Gasteiger partial charge in [0.25, 0.3) is 0 Å². The first-order valence-corrected chi connectivity index (χ1v) is 7.87. The third-order valence-corrected chi connectivity index (χ3v) is 2.07. The molecule has 144 valence electrons.